The van der Waals surface area contributed by atoms with Crippen LogP contribution in [0.2, 0.25) is 0 Å². The average molecular weight is 418 g/mol. The van der Waals surface area contributed by atoms with Crippen LogP contribution in [0.25, 0.3) is 0 Å². The Labute approximate surface area is 176 Å². The number of allylic oxidation sites excluding steroid dienone is 2. The van der Waals surface area contributed by atoms with Crippen molar-refractivity contribution in [1.82, 2.24) is 16.0 Å². The van der Waals surface area contributed by atoms with Gasteiger partial charge >= 0.3 is 0 Å². The molecule has 1 aromatic carbocycles. The number of amides is 3. The summed E-state index contributed by atoms with van der Waals surface area (Å²) in [6, 6.07) is 6.91. The third kappa shape index (κ3) is 11.6. The minimum absolute atomic E-state index is 0.0167. The van der Waals surface area contributed by atoms with Gasteiger partial charge in [-0.3, -0.25) is 19.2 Å². The molecule has 0 saturated heterocycles. The summed E-state index contributed by atoms with van der Waals surface area (Å²) < 4.78 is 5.30. The second-order valence-electron chi connectivity index (χ2n) is 6.53. The first kappa shape index (κ1) is 24.8. The molecule has 0 aliphatic rings. The molecule has 3 amide bonds. The summed E-state index contributed by atoms with van der Waals surface area (Å²) in [5.74, 6) is -0.839. The highest BCUT2D eigenvalue weighted by Crippen LogP contribution is 2.11. The normalized spacial score (nSPS) is 10.8. The molecule has 0 unspecified atom stereocenters. The summed E-state index contributed by atoms with van der Waals surface area (Å²) in [5, 5.41) is 10.7. The van der Waals surface area contributed by atoms with Gasteiger partial charge in [0.25, 0.3) is 0 Å². The van der Waals surface area contributed by atoms with Gasteiger partial charge in [-0.15, -0.1) is 0 Å². The number of hydrogen-bond donors (Lipinski definition) is 4. The van der Waals surface area contributed by atoms with Gasteiger partial charge in [0.05, 0.1) is 6.61 Å². The van der Waals surface area contributed by atoms with Crippen LogP contribution in [0.1, 0.15) is 25.3 Å². The van der Waals surface area contributed by atoms with Crippen molar-refractivity contribution in [3.63, 3.8) is 0 Å². The van der Waals surface area contributed by atoms with Crippen molar-refractivity contribution in [2.45, 2.75) is 26.2 Å². The number of carbonyl (C=O) groups is 4. The minimum atomic E-state index is -0.426. The van der Waals surface area contributed by atoms with Crippen LogP contribution in [0.15, 0.2) is 36.0 Å². The Hall–Kier alpha value is -3.20. The fraction of sp³-hybridized carbons (Fsp3) is 0.429. The predicted octanol–water partition coefficient (Wildman–Crippen LogP) is 0.519. The minimum Gasteiger partial charge on any atom is -0.392 e. The van der Waals surface area contributed by atoms with Gasteiger partial charge in [-0.05, 0) is 31.0 Å². The molecule has 9 heteroatoms. The van der Waals surface area contributed by atoms with Gasteiger partial charge < -0.3 is 26.0 Å². The molecule has 0 heterocycles. The molecule has 0 spiro atoms. The number of ketones is 1. The van der Waals surface area contributed by atoms with Crippen LogP contribution >= 0.6 is 0 Å². The maximum atomic E-state index is 12.0. The van der Waals surface area contributed by atoms with E-state index in [0.29, 0.717) is 44.8 Å². The zero-order chi connectivity index (χ0) is 22.2. The fourth-order valence-corrected chi connectivity index (χ4v) is 2.39. The summed E-state index contributed by atoms with van der Waals surface area (Å²) in [6.07, 6.45) is 2.84. The van der Waals surface area contributed by atoms with E-state index in [1.165, 1.54) is 0 Å². The standard InChI is InChI=1S/C21H30N4O5/c1-16(22-2)12-19(27)13-17-4-6-18(7-5-17)25-21(29)14-20(28)24-9-11-30-10-3-8-23-15-26/h4-7,12,15,22H,3,8-11,13-14H2,1-2H3,(H,23,26)(H,24,28)(H,25,29)/b16-12-. The Balaban J connectivity index is 2.26. The second-order valence-corrected chi connectivity index (χ2v) is 6.53. The van der Waals surface area contributed by atoms with E-state index in [-0.39, 0.29) is 18.6 Å². The van der Waals surface area contributed by atoms with Crippen LogP contribution in [0.4, 0.5) is 5.69 Å². The maximum absolute atomic E-state index is 12.0. The van der Waals surface area contributed by atoms with Crippen molar-refractivity contribution in [3.05, 3.63) is 41.6 Å². The second kappa shape index (κ2) is 14.7. The smallest absolute Gasteiger partial charge is 0.233 e. The molecule has 9 nitrogen and oxygen atoms in total. The van der Waals surface area contributed by atoms with Crippen molar-refractivity contribution in [2.24, 2.45) is 0 Å². The average Bonchev–Trinajstić information content (AvgIpc) is 2.71. The van der Waals surface area contributed by atoms with Crippen molar-refractivity contribution in [2.75, 3.05) is 38.7 Å². The Morgan fingerprint density at radius 3 is 2.43 bits per heavy atom. The van der Waals surface area contributed by atoms with Crippen LogP contribution in [0, 0.1) is 0 Å². The number of hydrogen-bond acceptors (Lipinski definition) is 6. The highest BCUT2D eigenvalue weighted by Gasteiger charge is 2.09. The lowest BCUT2D eigenvalue weighted by Crippen LogP contribution is -2.30. The van der Waals surface area contributed by atoms with Gasteiger partial charge in [-0.25, -0.2) is 0 Å². The zero-order valence-electron chi connectivity index (χ0n) is 17.5. The van der Waals surface area contributed by atoms with E-state index < -0.39 is 11.8 Å². The maximum Gasteiger partial charge on any atom is 0.233 e. The van der Waals surface area contributed by atoms with Gasteiger partial charge in [0.2, 0.25) is 18.2 Å². The van der Waals surface area contributed by atoms with Crippen LogP contribution in [-0.2, 0) is 30.3 Å². The largest absolute Gasteiger partial charge is 0.392 e. The lowest BCUT2D eigenvalue weighted by Gasteiger charge is -2.08. The number of nitrogens with one attached hydrogen (secondary N) is 4. The van der Waals surface area contributed by atoms with Gasteiger partial charge in [-0.2, -0.15) is 0 Å². The van der Waals surface area contributed by atoms with E-state index in [9.17, 15) is 19.2 Å². The Morgan fingerprint density at radius 2 is 1.77 bits per heavy atom. The van der Waals surface area contributed by atoms with Crippen LogP contribution in [0.3, 0.4) is 0 Å². The zero-order valence-corrected chi connectivity index (χ0v) is 17.5. The van der Waals surface area contributed by atoms with E-state index in [0.717, 1.165) is 11.3 Å². The molecule has 0 aromatic heterocycles. The third-order valence-corrected chi connectivity index (χ3v) is 3.97. The molecule has 4 N–H and O–H groups in total. The Morgan fingerprint density at radius 1 is 1.03 bits per heavy atom. The topological polar surface area (TPSA) is 126 Å². The first-order chi connectivity index (χ1) is 14.4. The molecule has 0 aliphatic carbocycles. The monoisotopic (exact) mass is 418 g/mol. The first-order valence-corrected chi connectivity index (χ1v) is 9.73. The molecule has 164 valence electrons. The molecule has 30 heavy (non-hydrogen) atoms. The molecule has 0 aliphatic heterocycles. The van der Waals surface area contributed by atoms with Gasteiger partial charge in [0, 0.05) is 50.6 Å². The third-order valence-electron chi connectivity index (χ3n) is 3.97. The highest BCUT2D eigenvalue weighted by molar-refractivity contribution is 6.03. The first-order valence-electron chi connectivity index (χ1n) is 9.73. The highest BCUT2D eigenvalue weighted by atomic mass is 16.5. The molecule has 0 saturated carbocycles. The molecule has 0 bridgehead atoms. The summed E-state index contributed by atoms with van der Waals surface area (Å²) >= 11 is 0. The molecule has 0 atom stereocenters. The number of rotatable bonds is 15. The van der Waals surface area contributed by atoms with Crippen molar-refractivity contribution in [1.29, 1.82) is 0 Å². The predicted molar refractivity (Wildman–Crippen MR) is 114 cm³/mol. The van der Waals surface area contributed by atoms with E-state index in [1.807, 2.05) is 6.92 Å². The number of carbonyl (C=O) groups excluding carboxylic acids is 4. The Bertz CT molecular complexity index is 731. The van der Waals surface area contributed by atoms with Gasteiger partial charge in [0.1, 0.15) is 6.42 Å². The molecular formula is C21H30N4O5. The summed E-state index contributed by atoms with van der Waals surface area (Å²) in [5.41, 5.74) is 2.18. The van der Waals surface area contributed by atoms with Crippen LogP contribution < -0.4 is 21.3 Å². The number of benzene rings is 1. The number of ether oxygens (including phenoxy) is 1. The van der Waals surface area contributed by atoms with Crippen molar-refractivity contribution >= 4 is 29.7 Å². The Kier molecular flexibility index (Phi) is 12.2. The quantitative estimate of drug-likeness (QED) is 0.142. The fourth-order valence-electron chi connectivity index (χ4n) is 2.39. The van der Waals surface area contributed by atoms with Gasteiger partial charge in [-0.1, -0.05) is 12.1 Å². The lowest BCUT2D eigenvalue weighted by molar-refractivity contribution is -0.127. The van der Waals surface area contributed by atoms with E-state index in [4.69, 9.17) is 4.74 Å². The molecule has 0 radical (unpaired) electrons. The molecule has 0 fully saturated rings. The summed E-state index contributed by atoms with van der Waals surface area (Å²) in [7, 11) is 1.75. The SMILES string of the molecule is CN/C(C)=C\C(=O)Cc1ccc(NC(=O)CC(=O)NCCOCCCNC=O)cc1. The van der Waals surface area contributed by atoms with Crippen LogP contribution in [0.5, 0.6) is 0 Å². The summed E-state index contributed by atoms with van der Waals surface area (Å²) in [4.78, 5) is 45.7. The van der Waals surface area contributed by atoms with E-state index in [2.05, 4.69) is 21.3 Å². The van der Waals surface area contributed by atoms with E-state index in [1.54, 1.807) is 37.4 Å². The summed E-state index contributed by atoms with van der Waals surface area (Å²) in [6.45, 7) is 3.47. The molecule has 1 aromatic rings. The van der Waals surface area contributed by atoms with E-state index >= 15 is 0 Å². The van der Waals surface area contributed by atoms with Crippen molar-refractivity contribution < 1.29 is 23.9 Å². The van der Waals surface area contributed by atoms with Gasteiger partial charge in [0.15, 0.2) is 5.78 Å². The number of anilines is 1. The van der Waals surface area contributed by atoms with Crippen molar-refractivity contribution in [3.8, 4) is 0 Å². The lowest BCUT2D eigenvalue weighted by atomic mass is 10.1. The molecule has 1 rings (SSSR count). The van der Waals surface area contributed by atoms with Crippen LogP contribution in [-0.4, -0.2) is 57.4 Å². The molecular weight excluding hydrogens is 388 g/mol.